The fourth-order valence-electron chi connectivity index (χ4n) is 0.861. The molecule has 0 spiro atoms. The molecule has 12 heavy (non-hydrogen) atoms. The highest BCUT2D eigenvalue weighted by atomic mass is 16.4. The van der Waals surface area contributed by atoms with Crippen molar-refractivity contribution in [2.45, 2.75) is 13.8 Å². The van der Waals surface area contributed by atoms with Crippen molar-refractivity contribution in [3.05, 3.63) is 27.8 Å². The van der Waals surface area contributed by atoms with Crippen molar-refractivity contribution in [3.63, 3.8) is 0 Å². The summed E-state index contributed by atoms with van der Waals surface area (Å²) in [6.07, 6.45) is 1.12. The third-order valence-corrected chi connectivity index (χ3v) is 1.51. The van der Waals surface area contributed by atoms with E-state index in [1.54, 1.807) is 6.92 Å². The van der Waals surface area contributed by atoms with Gasteiger partial charge in [0.15, 0.2) is 5.78 Å². The molecule has 0 amide bonds. The summed E-state index contributed by atoms with van der Waals surface area (Å²) in [4.78, 5) is 21.7. The highest BCUT2D eigenvalue weighted by Crippen LogP contribution is 2.17. The summed E-state index contributed by atoms with van der Waals surface area (Å²) in [5.41, 5.74) is -0.708. The van der Waals surface area contributed by atoms with Gasteiger partial charge in [-0.15, -0.1) is 0 Å². The zero-order valence-electron chi connectivity index (χ0n) is 6.75. The second-order valence-electron chi connectivity index (χ2n) is 2.49. The lowest BCUT2D eigenvalue weighted by molar-refractivity contribution is 0.101. The van der Waals surface area contributed by atoms with Crippen LogP contribution in [0, 0.1) is 6.92 Å². The van der Waals surface area contributed by atoms with Crippen LogP contribution in [0.3, 0.4) is 0 Å². The lowest BCUT2D eigenvalue weighted by Crippen LogP contribution is -2.11. The minimum absolute atomic E-state index is 0.282. The molecule has 64 valence electrons. The van der Waals surface area contributed by atoms with E-state index in [2.05, 4.69) is 4.42 Å². The van der Waals surface area contributed by atoms with Crippen molar-refractivity contribution in [3.8, 4) is 5.75 Å². The molecule has 1 aromatic heterocycles. The van der Waals surface area contributed by atoms with Crippen LogP contribution in [0.25, 0.3) is 0 Å². The van der Waals surface area contributed by atoms with Gasteiger partial charge in [-0.2, -0.15) is 0 Å². The van der Waals surface area contributed by atoms with E-state index in [0.29, 0.717) is 5.56 Å². The fraction of sp³-hybridized carbons (Fsp3) is 0.250. The van der Waals surface area contributed by atoms with Crippen molar-refractivity contribution < 1.29 is 14.3 Å². The van der Waals surface area contributed by atoms with E-state index in [4.69, 9.17) is 0 Å². The Balaban J connectivity index is 3.54. The van der Waals surface area contributed by atoms with E-state index in [0.717, 1.165) is 6.26 Å². The molecule has 0 aliphatic heterocycles. The molecule has 0 saturated carbocycles. The first-order valence-electron chi connectivity index (χ1n) is 3.36. The van der Waals surface area contributed by atoms with Crippen LogP contribution in [-0.2, 0) is 0 Å². The molecule has 1 aromatic rings. The molecular formula is C8H8O4. The number of hydrogen-bond acceptors (Lipinski definition) is 4. The summed E-state index contributed by atoms with van der Waals surface area (Å²) >= 11 is 0. The lowest BCUT2D eigenvalue weighted by Gasteiger charge is -1.99. The SMILES string of the molecule is CC(=O)c1c(O)c(C)coc1=O. The third kappa shape index (κ3) is 1.23. The molecule has 0 aliphatic carbocycles. The molecule has 0 bridgehead atoms. The van der Waals surface area contributed by atoms with Gasteiger partial charge in [0, 0.05) is 5.56 Å². The lowest BCUT2D eigenvalue weighted by atomic mass is 10.1. The van der Waals surface area contributed by atoms with Crippen LogP contribution in [0.5, 0.6) is 5.75 Å². The van der Waals surface area contributed by atoms with Gasteiger partial charge in [-0.1, -0.05) is 0 Å². The normalized spacial score (nSPS) is 9.83. The fourth-order valence-corrected chi connectivity index (χ4v) is 0.861. The maximum absolute atomic E-state index is 10.9. The molecule has 1 N–H and O–H groups in total. The van der Waals surface area contributed by atoms with Crippen LogP contribution < -0.4 is 5.63 Å². The Labute approximate surface area is 68.4 Å². The second kappa shape index (κ2) is 2.81. The Morgan fingerprint density at radius 2 is 2.17 bits per heavy atom. The van der Waals surface area contributed by atoms with Crippen LogP contribution in [0.2, 0.25) is 0 Å². The van der Waals surface area contributed by atoms with Crippen LogP contribution in [0.15, 0.2) is 15.5 Å². The largest absolute Gasteiger partial charge is 0.507 e. The summed E-state index contributed by atoms with van der Waals surface area (Å²) in [5.74, 6) is -0.788. The van der Waals surface area contributed by atoms with E-state index >= 15 is 0 Å². The molecule has 0 atom stereocenters. The minimum atomic E-state index is -0.800. The smallest absolute Gasteiger partial charge is 0.350 e. The van der Waals surface area contributed by atoms with Gasteiger partial charge in [0.25, 0.3) is 0 Å². The number of Topliss-reactive ketones (excluding diaryl/α,β-unsaturated/α-hetero) is 1. The molecule has 1 heterocycles. The molecule has 0 radical (unpaired) electrons. The highest BCUT2D eigenvalue weighted by molar-refractivity contribution is 5.96. The number of carbonyl (C=O) groups is 1. The Morgan fingerprint density at radius 1 is 1.58 bits per heavy atom. The Kier molecular flexibility index (Phi) is 1.99. The first-order chi connectivity index (χ1) is 5.54. The summed E-state index contributed by atoms with van der Waals surface area (Å²) in [6, 6.07) is 0. The van der Waals surface area contributed by atoms with Crippen LogP contribution in [-0.4, -0.2) is 10.9 Å². The number of aromatic hydroxyl groups is 1. The van der Waals surface area contributed by atoms with E-state index < -0.39 is 11.4 Å². The summed E-state index contributed by atoms with van der Waals surface area (Å²) in [6.45, 7) is 2.75. The Morgan fingerprint density at radius 3 is 2.58 bits per heavy atom. The first-order valence-corrected chi connectivity index (χ1v) is 3.36. The number of aryl methyl sites for hydroxylation is 1. The maximum Gasteiger partial charge on any atom is 0.350 e. The van der Waals surface area contributed by atoms with Crippen LogP contribution in [0.4, 0.5) is 0 Å². The van der Waals surface area contributed by atoms with Crippen molar-refractivity contribution in [1.29, 1.82) is 0 Å². The van der Waals surface area contributed by atoms with Gasteiger partial charge in [-0.25, -0.2) is 4.79 Å². The van der Waals surface area contributed by atoms with Gasteiger partial charge in [-0.3, -0.25) is 4.79 Å². The standard InChI is InChI=1S/C8H8O4/c1-4-3-12-8(11)6(5(2)9)7(4)10/h3,10H,1-2H3. The summed E-state index contributed by atoms with van der Waals surface area (Å²) in [7, 11) is 0. The second-order valence-corrected chi connectivity index (χ2v) is 2.49. The Hall–Kier alpha value is -1.58. The van der Waals surface area contributed by atoms with Crippen LogP contribution in [0.1, 0.15) is 22.8 Å². The van der Waals surface area contributed by atoms with E-state index in [-0.39, 0.29) is 11.3 Å². The van der Waals surface area contributed by atoms with Crippen molar-refractivity contribution in [2.24, 2.45) is 0 Å². The number of carbonyl (C=O) groups excluding carboxylic acids is 1. The minimum Gasteiger partial charge on any atom is -0.507 e. The number of rotatable bonds is 1. The molecule has 0 saturated heterocycles. The summed E-state index contributed by atoms with van der Waals surface area (Å²) < 4.78 is 4.49. The van der Waals surface area contributed by atoms with E-state index in [1.807, 2.05) is 0 Å². The molecule has 0 aliphatic rings. The topological polar surface area (TPSA) is 67.5 Å². The molecule has 4 nitrogen and oxygen atoms in total. The monoisotopic (exact) mass is 168 g/mol. The van der Waals surface area contributed by atoms with Gasteiger partial charge in [0.1, 0.15) is 17.6 Å². The van der Waals surface area contributed by atoms with Crippen molar-refractivity contribution in [1.82, 2.24) is 0 Å². The molecule has 1 rings (SSSR count). The average molecular weight is 168 g/mol. The number of hydrogen-bond donors (Lipinski definition) is 1. The van der Waals surface area contributed by atoms with Crippen molar-refractivity contribution in [2.75, 3.05) is 0 Å². The number of ketones is 1. The van der Waals surface area contributed by atoms with Crippen LogP contribution >= 0.6 is 0 Å². The molecular weight excluding hydrogens is 160 g/mol. The van der Waals surface area contributed by atoms with Gasteiger partial charge < -0.3 is 9.52 Å². The quantitative estimate of drug-likeness (QED) is 0.631. The van der Waals surface area contributed by atoms with Gasteiger partial charge in [-0.05, 0) is 13.8 Å². The van der Waals surface area contributed by atoms with Gasteiger partial charge in [0.05, 0.1) is 0 Å². The molecule has 4 heteroatoms. The van der Waals surface area contributed by atoms with Crippen molar-refractivity contribution >= 4 is 5.78 Å². The molecule has 0 fully saturated rings. The van der Waals surface area contributed by atoms with E-state index in [1.165, 1.54) is 6.92 Å². The highest BCUT2D eigenvalue weighted by Gasteiger charge is 2.14. The predicted molar refractivity (Wildman–Crippen MR) is 41.4 cm³/mol. The maximum atomic E-state index is 10.9. The third-order valence-electron chi connectivity index (χ3n) is 1.51. The summed E-state index contributed by atoms with van der Waals surface area (Å²) in [5, 5.41) is 9.27. The average Bonchev–Trinajstić information content (AvgIpc) is 1.97. The van der Waals surface area contributed by atoms with E-state index in [9.17, 15) is 14.7 Å². The predicted octanol–water partition coefficient (Wildman–Crippen LogP) is 0.856. The molecule has 0 aromatic carbocycles. The van der Waals surface area contributed by atoms with Gasteiger partial charge >= 0.3 is 5.63 Å². The zero-order valence-corrected chi connectivity index (χ0v) is 6.75. The zero-order chi connectivity index (χ0) is 9.30. The Bertz CT molecular complexity index is 375. The first kappa shape index (κ1) is 8.52. The van der Waals surface area contributed by atoms with Gasteiger partial charge in [0.2, 0.25) is 0 Å². The molecule has 0 unspecified atom stereocenters.